The molecule has 0 amide bonds. The summed E-state index contributed by atoms with van der Waals surface area (Å²) in [6, 6.07) is 0.136. The minimum absolute atomic E-state index is 0.136. The Bertz CT molecular complexity index is 426. The summed E-state index contributed by atoms with van der Waals surface area (Å²) in [6.45, 7) is 10.2. The van der Waals surface area contributed by atoms with Gasteiger partial charge in [-0.15, -0.1) is 0 Å². The summed E-state index contributed by atoms with van der Waals surface area (Å²) in [5, 5.41) is 12.5. The van der Waals surface area contributed by atoms with Crippen molar-refractivity contribution in [3.63, 3.8) is 0 Å². The second kappa shape index (κ2) is 5.52. The second-order valence-corrected chi connectivity index (χ2v) is 5.30. The number of carboxylic acid groups (broad SMARTS) is 1. The Labute approximate surface area is 108 Å². The molecule has 2 N–H and O–H groups in total. The topological polar surface area (TPSA) is 67.2 Å². The zero-order valence-electron chi connectivity index (χ0n) is 11.8. The summed E-state index contributed by atoms with van der Waals surface area (Å²) in [4.78, 5) is 15.6. The van der Waals surface area contributed by atoms with Gasteiger partial charge in [0.25, 0.3) is 0 Å². The Morgan fingerprint density at radius 1 is 1.56 bits per heavy atom. The lowest BCUT2D eigenvalue weighted by molar-refractivity contribution is -0.144. The molecule has 0 aliphatic carbocycles. The molecule has 0 radical (unpaired) electrons. The first-order valence-electron chi connectivity index (χ1n) is 6.25. The standard InChI is InChI=1S/C13H23N3O2/c1-9(2)15-13(5,12(17)18)6-7-16-8-14-10(3)11(16)4/h8-9,15H,6-7H2,1-5H3,(H,17,18). The van der Waals surface area contributed by atoms with Crippen LogP contribution in [0.3, 0.4) is 0 Å². The van der Waals surface area contributed by atoms with E-state index in [4.69, 9.17) is 0 Å². The van der Waals surface area contributed by atoms with Gasteiger partial charge in [-0.3, -0.25) is 10.1 Å². The van der Waals surface area contributed by atoms with Crippen molar-refractivity contribution in [3.05, 3.63) is 17.7 Å². The summed E-state index contributed by atoms with van der Waals surface area (Å²) < 4.78 is 2.00. The van der Waals surface area contributed by atoms with E-state index in [0.717, 1.165) is 11.4 Å². The number of aryl methyl sites for hydroxylation is 2. The number of hydrogen-bond acceptors (Lipinski definition) is 3. The number of carbonyl (C=O) groups is 1. The Morgan fingerprint density at radius 2 is 2.17 bits per heavy atom. The average Bonchev–Trinajstić information content (AvgIpc) is 2.56. The van der Waals surface area contributed by atoms with Crippen LogP contribution in [0.4, 0.5) is 0 Å². The number of aromatic nitrogens is 2. The van der Waals surface area contributed by atoms with Crippen molar-refractivity contribution in [3.8, 4) is 0 Å². The van der Waals surface area contributed by atoms with Crippen molar-refractivity contribution in [1.29, 1.82) is 0 Å². The summed E-state index contributed by atoms with van der Waals surface area (Å²) in [5.74, 6) is -0.814. The van der Waals surface area contributed by atoms with Gasteiger partial charge in [0, 0.05) is 18.3 Å². The highest BCUT2D eigenvalue weighted by molar-refractivity contribution is 5.78. The third-order valence-corrected chi connectivity index (χ3v) is 3.28. The minimum atomic E-state index is -0.904. The highest BCUT2D eigenvalue weighted by Gasteiger charge is 2.33. The Kier molecular flexibility index (Phi) is 4.51. The zero-order valence-corrected chi connectivity index (χ0v) is 11.8. The van der Waals surface area contributed by atoms with Crippen LogP contribution in [0.25, 0.3) is 0 Å². The smallest absolute Gasteiger partial charge is 0.323 e. The molecule has 0 saturated carbocycles. The molecule has 5 nitrogen and oxygen atoms in total. The molecule has 5 heteroatoms. The van der Waals surface area contributed by atoms with Crippen LogP contribution in [0.2, 0.25) is 0 Å². The van der Waals surface area contributed by atoms with E-state index >= 15 is 0 Å². The van der Waals surface area contributed by atoms with Crippen LogP contribution < -0.4 is 5.32 Å². The van der Waals surface area contributed by atoms with E-state index < -0.39 is 11.5 Å². The van der Waals surface area contributed by atoms with Crippen LogP contribution >= 0.6 is 0 Å². The van der Waals surface area contributed by atoms with E-state index in [0.29, 0.717) is 13.0 Å². The molecule has 1 aromatic heterocycles. The van der Waals surface area contributed by atoms with Gasteiger partial charge in [0.15, 0.2) is 0 Å². The molecule has 102 valence electrons. The molecule has 0 bridgehead atoms. The third kappa shape index (κ3) is 3.32. The van der Waals surface area contributed by atoms with Crippen LogP contribution in [-0.4, -0.2) is 32.2 Å². The van der Waals surface area contributed by atoms with Gasteiger partial charge in [0.05, 0.1) is 12.0 Å². The fraction of sp³-hybridized carbons (Fsp3) is 0.692. The molecule has 0 aliphatic heterocycles. The number of nitrogens with zero attached hydrogens (tertiary/aromatic N) is 2. The predicted octanol–water partition coefficient (Wildman–Crippen LogP) is 1.73. The van der Waals surface area contributed by atoms with Gasteiger partial charge < -0.3 is 9.67 Å². The second-order valence-electron chi connectivity index (χ2n) is 5.30. The molecule has 0 aliphatic rings. The summed E-state index contributed by atoms with van der Waals surface area (Å²) in [6.07, 6.45) is 2.29. The van der Waals surface area contributed by atoms with Gasteiger partial charge in [-0.1, -0.05) is 0 Å². The Morgan fingerprint density at radius 3 is 2.56 bits per heavy atom. The molecule has 1 atom stereocenters. The fourth-order valence-electron chi connectivity index (χ4n) is 1.99. The summed E-state index contributed by atoms with van der Waals surface area (Å²) in [7, 11) is 0. The first-order chi connectivity index (χ1) is 8.26. The maximum atomic E-state index is 11.4. The minimum Gasteiger partial charge on any atom is -0.480 e. The van der Waals surface area contributed by atoms with E-state index in [9.17, 15) is 9.90 Å². The lowest BCUT2D eigenvalue weighted by Gasteiger charge is -2.29. The van der Waals surface area contributed by atoms with E-state index in [1.165, 1.54) is 0 Å². The molecule has 0 fully saturated rings. The number of rotatable bonds is 6. The number of nitrogens with one attached hydrogen (secondary N) is 1. The van der Waals surface area contributed by atoms with Crippen molar-refractivity contribution in [1.82, 2.24) is 14.9 Å². The first-order valence-corrected chi connectivity index (χ1v) is 6.25. The van der Waals surface area contributed by atoms with Crippen LogP contribution in [-0.2, 0) is 11.3 Å². The van der Waals surface area contributed by atoms with Crippen molar-refractivity contribution in [2.45, 2.75) is 59.2 Å². The fourth-order valence-corrected chi connectivity index (χ4v) is 1.99. The normalized spacial score (nSPS) is 14.8. The maximum Gasteiger partial charge on any atom is 0.323 e. The predicted molar refractivity (Wildman–Crippen MR) is 70.6 cm³/mol. The monoisotopic (exact) mass is 253 g/mol. The third-order valence-electron chi connectivity index (χ3n) is 3.28. The van der Waals surface area contributed by atoms with Gasteiger partial charge >= 0.3 is 5.97 Å². The van der Waals surface area contributed by atoms with Crippen LogP contribution in [0, 0.1) is 13.8 Å². The van der Waals surface area contributed by atoms with Crippen LogP contribution in [0.15, 0.2) is 6.33 Å². The summed E-state index contributed by atoms with van der Waals surface area (Å²) in [5.41, 5.74) is 1.18. The highest BCUT2D eigenvalue weighted by Crippen LogP contribution is 2.15. The van der Waals surface area contributed by atoms with Crippen molar-refractivity contribution in [2.24, 2.45) is 0 Å². The largest absolute Gasteiger partial charge is 0.480 e. The van der Waals surface area contributed by atoms with Crippen LogP contribution in [0.1, 0.15) is 38.6 Å². The van der Waals surface area contributed by atoms with E-state index in [-0.39, 0.29) is 6.04 Å². The maximum absolute atomic E-state index is 11.4. The molecular weight excluding hydrogens is 230 g/mol. The van der Waals surface area contributed by atoms with Gasteiger partial charge in [0.2, 0.25) is 0 Å². The van der Waals surface area contributed by atoms with Crippen molar-refractivity contribution in [2.75, 3.05) is 0 Å². The van der Waals surface area contributed by atoms with Gasteiger partial charge in [-0.05, 0) is 41.0 Å². The quantitative estimate of drug-likeness (QED) is 0.810. The van der Waals surface area contributed by atoms with E-state index in [1.54, 1.807) is 13.3 Å². The lowest BCUT2D eigenvalue weighted by Crippen LogP contribution is -2.52. The zero-order chi connectivity index (χ0) is 13.9. The van der Waals surface area contributed by atoms with Gasteiger partial charge in [-0.25, -0.2) is 4.98 Å². The highest BCUT2D eigenvalue weighted by atomic mass is 16.4. The molecule has 1 unspecified atom stereocenters. The van der Waals surface area contributed by atoms with Gasteiger partial charge in [-0.2, -0.15) is 0 Å². The molecular formula is C13H23N3O2. The summed E-state index contributed by atoms with van der Waals surface area (Å²) >= 11 is 0. The van der Waals surface area contributed by atoms with Crippen molar-refractivity contribution >= 4 is 5.97 Å². The molecule has 0 aromatic carbocycles. The molecule has 1 rings (SSSR count). The Balaban J connectivity index is 2.74. The van der Waals surface area contributed by atoms with E-state index in [2.05, 4.69) is 10.3 Å². The number of aliphatic carboxylic acids is 1. The van der Waals surface area contributed by atoms with Gasteiger partial charge in [0.1, 0.15) is 5.54 Å². The average molecular weight is 253 g/mol. The first kappa shape index (κ1) is 14.7. The number of imidazole rings is 1. The van der Waals surface area contributed by atoms with E-state index in [1.807, 2.05) is 32.3 Å². The molecule has 1 aromatic rings. The molecule has 1 heterocycles. The number of carboxylic acids is 1. The lowest BCUT2D eigenvalue weighted by atomic mass is 9.97. The Hall–Kier alpha value is -1.36. The SMILES string of the molecule is Cc1ncn(CCC(C)(NC(C)C)C(=O)O)c1C. The molecule has 0 spiro atoms. The number of hydrogen-bond donors (Lipinski definition) is 2. The molecule has 18 heavy (non-hydrogen) atoms. The van der Waals surface area contributed by atoms with Crippen LogP contribution in [0.5, 0.6) is 0 Å². The van der Waals surface area contributed by atoms with Crippen molar-refractivity contribution < 1.29 is 9.90 Å². The molecule has 0 saturated heterocycles.